The number of aromatic nitrogens is 2. The van der Waals surface area contributed by atoms with Crippen molar-refractivity contribution in [2.45, 2.75) is 20.8 Å². The Balaban J connectivity index is 2.19. The highest BCUT2D eigenvalue weighted by Crippen LogP contribution is 2.29. The van der Waals surface area contributed by atoms with Crippen LogP contribution in [0.2, 0.25) is 0 Å². The number of pyridine rings is 2. The Morgan fingerprint density at radius 2 is 1.52 bits per heavy atom. The molecule has 1 aromatic carbocycles. The van der Waals surface area contributed by atoms with E-state index in [4.69, 9.17) is 0 Å². The summed E-state index contributed by atoms with van der Waals surface area (Å²) >= 11 is 0. The summed E-state index contributed by atoms with van der Waals surface area (Å²) in [4.78, 5) is 0. The standard InChI is InChI=1S/C23H26N2/c1-6-10-19-14-15-23(25(5)18(19)3)21-12-9-11-20(17(21)2)22-13-7-8-16-24(22)4/h6-16H,1-5H3/q+2/b10-6-. The smallest absolute Gasteiger partial charge is 0.201 e. The minimum Gasteiger partial charge on any atom is -0.201 e. The minimum absolute atomic E-state index is 1.23. The molecule has 0 atom stereocenters. The molecule has 2 heterocycles. The van der Waals surface area contributed by atoms with Gasteiger partial charge in [-0.15, -0.1) is 0 Å². The lowest BCUT2D eigenvalue weighted by molar-refractivity contribution is -0.666. The van der Waals surface area contributed by atoms with E-state index in [9.17, 15) is 0 Å². The highest BCUT2D eigenvalue weighted by molar-refractivity contribution is 5.73. The molecule has 3 aromatic rings. The van der Waals surface area contributed by atoms with E-state index < -0.39 is 0 Å². The fraction of sp³-hybridized carbons (Fsp3) is 0.217. The van der Waals surface area contributed by atoms with E-state index in [1.54, 1.807) is 0 Å². The maximum Gasteiger partial charge on any atom is 0.212 e. The summed E-state index contributed by atoms with van der Waals surface area (Å²) in [5.74, 6) is 0. The fourth-order valence-electron chi connectivity index (χ4n) is 3.40. The molecule has 0 aliphatic rings. The van der Waals surface area contributed by atoms with Gasteiger partial charge in [0.1, 0.15) is 14.1 Å². The van der Waals surface area contributed by atoms with Gasteiger partial charge in [0.2, 0.25) is 11.4 Å². The maximum atomic E-state index is 2.28. The summed E-state index contributed by atoms with van der Waals surface area (Å²) < 4.78 is 4.46. The second kappa shape index (κ2) is 7.02. The largest absolute Gasteiger partial charge is 0.212 e. The summed E-state index contributed by atoms with van der Waals surface area (Å²) in [7, 11) is 4.24. The molecule has 0 N–H and O–H groups in total. The topological polar surface area (TPSA) is 7.76 Å². The van der Waals surface area contributed by atoms with Gasteiger partial charge in [-0.25, -0.2) is 4.57 Å². The normalized spacial score (nSPS) is 11.2. The predicted molar refractivity (Wildman–Crippen MR) is 104 cm³/mol. The van der Waals surface area contributed by atoms with Crippen LogP contribution in [-0.4, -0.2) is 0 Å². The van der Waals surface area contributed by atoms with Crippen LogP contribution in [0.15, 0.2) is 60.8 Å². The third-order valence-electron chi connectivity index (χ3n) is 4.99. The van der Waals surface area contributed by atoms with Crippen LogP contribution in [0.1, 0.15) is 23.7 Å². The van der Waals surface area contributed by atoms with Crippen molar-refractivity contribution in [3.05, 3.63) is 77.6 Å². The summed E-state index contributed by atoms with van der Waals surface area (Å²) in [6.45, 7) is 6.45. The lowest BCUT2D eigenvalue weighted by Crippen LogP contribution is -2.35. The molecule has 2 heteroatoms. The third kappa shape index (κ3) is 3.12. The molecule has 0 amide bonds. The monoisotopic (exact) mass is 330 g/mol. The van der Waals surface area contributed by atoms with Gasteiger partial charge in [-0.1, -0.05) is 18.2 Å². The molecule has 0 spiro atoms. The first-order valence-corrected chi connectivity index (χ1v) is 8.72. The van der Waals surface area contributed by atoms with E-state index in [2.05, 4.69) is 111 Å². The molecule has 0 bridgehead atoms. The molecular formula is C23H26N2+2. The molecule has 0 aliphatic heterocycles. The second-order valence-corrected chi connectivity index (χ2v) is 6.49. The number of hydrogen-bond donors (Lipinski definition) is 0. The van der Waals surface area contributed by atoms with Crippen LogP contribution in [-0.2, 0) is 14.1 Å². The van der Waals surface area contributed by atoms with E-state index in [-0.39, 0.29) is 0 Å². The summed E-state index contributed by atoms with van der Waals surface area (Å²) in [6, 6.07) is 17.3. The van der Waals surface area contributed by atoms with Crippen molar-refractivity contribution in [2.75, 3.05) is 0 Å². The number of aryl methyl sites for hydroxylation is 1. The number of allylic oxidation sites excluding steroid dienone is 1. The highest BCUT2D eigenvalue weighted by atomic mass is 14.9. The number of hydrogen-bond acceptors (Lipinski definition) is 0. The number of rotatable bonds is 3. The summed E-state index contributed by atoms with van der Waals surface area (Å²) in [6.07, 6.45) is 6.34. The zero-order valence-corrected chi connectivity index (χ0v) is 15.7. The van der Waals surface area contributed by atoms with Crippen LogP contribution in [0.25, 0.3) is 28.6 Å². The minimum atomic E-state index is 1.23. The van der Waals surface area contributed by atoms with Gasteiger partial charge in [0.05, 0.1) is 0 Å². The van der Waals surface area contributed by atoms with Gasteiger partial charge in [-0.3, -0.25) is 0 Å². The van der Waals surface area contributed by atoms with Crippen molar-refractivity contribution in [2.24, 2.45) is 14.1 Å². The highest BCUT2D eigenvalue weighted by Gasteiger charge is 2.20. The van der Waals surface area contributed by atoms with Crippen molar-refractivity contribution >= 4 is 6.08 Å². The third-order valence-corrected chi connectivity index (χ3v) is 4.99. The molecule has 0 aliphatic carbocycles. The van der Waals surface area contributed by atoms with Crippen molar-refractivity contribution in [3.63, 3.8) is 0 Å². The SMILES string of the molecule is C/C=C\c1ccc(-c2cccc(-c3cccc[n+]3C)c2C)[n+](C)c1C. The van der Waals surface area contributed by atoms with Gasteiger partial charge >= 0.3 is 0 Å². The summed E-state index contributed by atoms with van der Waals surface area (Å²) in [5, 5.41) is 0. The maximum absolute atomic E-state index is 2.28. The molecule has 0 radical (unpaired) electrons. The second-order valence-electron chi connectivity index (χ2n) is 6.49. The van der Waals surface area contributed by atoms with Gasteiger partial charge in [0.25, 0.3) is 0 Å². The van der Waals surface area contributed by atoms with E-state index in [1.165, 1.54) is 39.3 Å². The van der Waals surface area contributed by atoms with Crippen LogP contribution < -0.4 is 9.13 Å². The Kier molecular flexibility index (Phi) is 4.80. The van der Waals surface area contributed by atoms with E-state index in [1.807, 2.05) is 0 Å². The van der Waals surface area contributed by atoms with E-state index in [0.29, 0.717) is 0 Å². The van der Waals surface area contributed by atoms with Crippen LogP contribution in [0.5, 0.6) is 0 Å². The zero-order chi connectivity index (χ0) is 18.0. The molecule has 0 fully saturated rings. The first-order valence-electron chi connectivity index (χ1n) is 8.72. The van der Waals surface area contributed by atoms with E-state index in [0.717, 1.165) is 0 Å². The zero-order valence-electron chi connectivity index (χ0n) is 15.7. The molecular weight excluding hydrogens is 304 g/mol. The van der Waals surface area contributed by atoms with Gasteiger partial charge in [-0.2, -0.15) is 4.57 Å². The quantitative estimate of drug-likeness (QED) is 0.632. The Bertz CT molecular complexity index is 952. The van der Waals surface area contributed by atoms with Crippen molar-refractivity contribution in [1.29, 1.82) is 0 Å². The number of nitrogens with zero attached hydrogens (tertiary/aromatic N) is 2. The lowest BCUT2D eigenvalue weighted by atomic mass is 9.96. The molecule has 3 rings (SSSR count). The lowest BCUT2D eigenvalue weighted by Gasteiger charge is -2.11. The molecule has 0 saturated heterocycles. The molecule has 25 heavy (non-hydrogen) atoms. The van der Waals surface area contributed by atoms with Crippen LogP contribution in [0, 0.1) is 13.8 Å². The average Bonchev–Trinajstić information content (AvgIpc) is 2.61. The summed E-state index contributed by atoms with van der Waals surface area (Å²) in [5.41, 5.74) is 8.85. The molecule has 2 nitrogen and oxygen atoms in total. The van der Waals surface area contributed by atoms with Crippen LogP contribution >= 0.6 is 0 Å². The van der Waals surface area contributed by atoms with Crippen molar-refractivity contribution < 1.29 is 9.13 Å². The average molecular weight is 330 g/mol. The first-order chi connectivity index (χ1) is 12.0. The van der Waals surface area contributed by atoms with Gasteiger partial charge in [0, 0.05) is 41.8 Å². The first kappa shape index (κ1) is 17.1. The Morgan fingerprint density at radius 1 is 0.800 bits per heavy atom. The van der Waals surface area contributed by atoms with Crippen molar-refractivity contribution in [3.8, 4) is 22.5 Å². The number of benzene rings is 1. The van der Waals surface area contributed by atoms with E-state index >= 15 is 0 Å². The molecule has 126 valence electrons. The molecule has 0 unspecified atom stereocenters. The Morgan fingerprint density at radius 3 is 2.20 bits per heavy atom. The van der Waals surface area contributed by atoms with Crippen LogP contribution in [0.3, 0.4) is 0 Å². The fourth-order valence-corrected chi connectivity index (χ4v) is 3.40. The van der Waals surface area contributed by atoms with Gasteiger partial charge in [-0.05, 0) is 43.7 Å². The van der Waals surface area contributed by atoms with Crippen LogP contribution in [0.4, 0.5) is 0 Å². The predicted octanol–water partition coefficient (Wildman–Crippen LogP) is 4.32. The Labute approximate surface area is 150 Å². The van der Waals surface area contributed by atoms with Crippen molar-refractivity contribution in [1.82, 2.24) is 0 Å². The Hall–Kier alpha value is -2.74. The van der Waals surface area contributed by atoms with Gasteiger partial charge in [0.15, 0.2) is 11.9 Å². The van der Waals surface area contributed by atoms with Gasteiger partial charge < -0.3 is 0 Å². The molecule has 0 saturated carbocycles. The molecule has 2 aromatic heterocycles.